The molecule has 2 rings (SSSR count). The molecule has 0 bridgehead atoms. The maximum atomic E-state index is 9.48. The minimum absolute atomic E-state index is 0.412. The van der Waals surface area contributed by atoms with Crippen LogP contribution in [0.3, 0.4) is 0 Å². The van der Waals surface area contributed by atoms with E-state index in [1.165, 1.54) is 0 Å². The number of aryl methyl sites for hydroxylation is 2. The average Bonchev–Trinajstić information content (AvgIpc) is 2.90. The molecule has 0 spiro atoms. The van der Waals surface area contributed by atoms with Crippen molar-refractivity contribution < 1.29 is 4.52 Å². The number of aromatic nitrogens is 4. The van der Waals surface area contributed by atoms with Crippen molar-refractivity contribution in [3.05, 3.63) is 28.5 Å². The van der Waals surface area contributed by atoms with Crippen molar-refractivity contribution >= 4 is 5.82 Å². The van der Waals surface area contributed by atoms with Crippen LogP contribution in [0.4, 0.5) is 5.82 Å². The van der Waals surface area contributed by atoms with Crippen LogP contribution in [-0.2, 0) is 19.4 Å². The highest BCUT2D eigenvalue weighted by molar-refractivity contribution is 5.57. The molecule has 110 valence electrons. The Bertz CT molecular complexity index is 673. The van der Waals surface area contributed by atoms with Gasteiger partial charge in [-0.2, -0.15) is 15.3 Å². The SMILES string of the molecule is CCc1nnc(N(C)Cc2noc(C)n2)c(C#N)c1CC. The Balaban J connectivity index is 2.37. The first-order valence-corrected chi connectivity index (χ1v) is 6.89. The van der Waals surface area contributed by atoms with E-state index in [2.05, 4.69) is 26.4 Å². The van der Waals surface area contributed by atoms with Crippen LogP contribution in [0.5, 0.6) is 0 Å². The number of nitriles is 1. The van der Waals surface area contributed by atoms with Crippen LogP contribution in [0, 0.1) is 18.3 Å². The third-order valence-electron chi connectivity index (χ3n) is 3.25. The molecule has 0 atom stereocenters. The zero-order valence-corrected chi connectivity index (χ0v) is 12.7. The van der Waals surface area contributed by atoms with Crippen molar-refractivity contribution in [2.45, 2.75) is 40.2 Å². The third kappa shape index (κ3) is 2.99. The minimum atomic E-state index is 0.412. The van der Waals surface area contributed by atoms with Gasteiger partial charge in [0.1, 0.15) is 11.6 Å². The first kappa shape index (κ1) is 14.9. The molecular formula is C14H18N6O. The van der Waals surface area contributed by atoms with E-state index in [0.29, 0.717) is 29.6 Å². The second-order valence-electron chi connectivity index (χ2n) is 4.73. The smallest absolute Gasteiger partial charge is 0.223 e. The molecule has 0 fully saturated rings. The summed E-state index contributed by atoms with van der Waals surface area (Å²) < 4.78 is 4.95. The Morgan fingerprint density at radius 1 is 1.24 bits per heavy atom. The molecule has 0 unspecified atom stereocenters. The molecule has 2 aromatic heterocycles. The van der Waals surface area contributed by atoms with Crippen molar-refractivity contribution in [3.63, 3.8) is 0 Å². The van der Waals surface area contributed by atoms with Crippen molar-refractivity contribution in [1.29, 1.82) is 5.26 Å². The third-order valence-corrected chi connectivity index (χ3v) is 3.25. The molecule has 0 radical (unpaired) electrons. The molecule has 0 aliphatic carbocycles. The van der Waals surface area contributed by atoms with Crippen molar-refractivity contribution in [2.75, 3.05) is 11.9 Å². The van der Waals surface area contributed by atoms with E-state index in [1.807, 2.05) is 25.8 Å². The molecule has 0 N–H and O–H groups in total. The van der Waals surface area contributed by atoms with E-state index in [4.69, 9.17) is 4.52 Å². The Morgan fingerprint density at radius 3 is 2.52 bits per heavy atom. The summed E-state index contributed by atoms with van der Waals surface area (Å²) in [6.07, 6.45) is 1.52. The summed E-state index contributed by atoms with van der Waals surface area (Å²) in [7, 11) is 1.83. The first-order valence-electron chi connectivity index (χ1n) is 6.89. The molecular weight excluding hydrogens is 268 g/mol. The van der Waals surface area contributed by atoms with Gasteiger partial charge in [-0.1, -0.05) is 19.0 Å². The Kier molecular flexibility index (Phi) is 4.48. The monoisotopic (exact) mass is 286 g/mol. The van der Waals surface area contributed by atoms with Gasteiger partial charge in [-0.25, -0.2) is 0 Å². The largest absolute Gasteiger partial charge is 0.349 e. The molecule has 0 aromatic carbocycles. The summed E-state index contributed by atoms with van der Waals surface area (Å²) in [6, 6.07) is 2.25. The Labute approximate surface area is 123 Å². The summed E-state index contributed by atoms with van der Waals surface area (Å²) in [4.78, 5) is 5.97. The highest BCUT2D eigenvalue weighted by Crippen LogP contribution is 2.23. The van der Waals surface area contributed by atoms with E-state index >= 15 is 0 Å². The van der Waals surface area contributed by atoms with Gasteiger partial charge in [-0.15, -0.1) is 5.10 Å². The van der Waals surface area contributed by atoms with Gasteiger partial charge >= 0.3 is 0 Å². The van der Waals surface area contributed by atoms with Gasteiger partial charge in [-0.05, 0) is 18.4 Å². The topological polar surface area (TPSA) is 91.7 Å². The lowest BCUT2D eigenvalue weighted by molar-refractivity contribution is 0.387. The van der Waals surface area contributed by atoms with E-state index in [1.54, 1.807) is 6.92 Å². The zero-order chi connectivity index (χ0) is 15.4. The molecule has 2 aromatic rings. The fraction of sp³-hybridized carbons (Fsp3) is 0.500. The normalized spacial score (nSPS) is 10.4. The van der Waals surface area contributed by atoms with Crippen LogP contribution < -0.4 is 4.90 Å². The fourth-order valence-electron chi connectivity index (χ4n) is 2.24. The maximum Gasteiger partial charge on any atom is 0.223 e. The second kappa shape index (κ2) is 6.31. The standard InChI is InChI=1S/C14H18N6O/c1-5-10-11(7-15)14(18-17-12(10)6-2)20(4)8-13-16-9(3)21-19-13/h5-6,8H2,1-4H3. The summed E-state index contributed by atoms with van der Waals surface area (Å²) in [6.45, 7) is 6.18. The fourth-order valence-corrected chi connectivity index (χ4v) is 2.24. The van der Waals surface area contributed by atoms with E-state index in [0.717, 1.165) is 24.1 Å². The lowest BCUT2D eigenvalue weighted by Crippen LogP contribution is -2.22. The van der Waals surface area contributed by atoms with Crippen LogP contribution in [0.15, 0.2) is 4.52 Å². The van der Waals surface area contributed by atoms with Gasteiger partial charge in [0.2, 0.25) is 5.89 Å². The van der Waals surface area contributed by atoms with Gasteiger partial charge < -0.3 is 9.42 Å². The number of rotatable bonds is 5. The average molecular weight is 286 g/mol. The summed E-state index contributed by atoms with van der Waals surface area (Å²) in [5.74, 6) is 1.62. The number of hydrogen-bond donors (Lipinski definition) is 0. The van der Waals surface area contributed by atoms with Gasteiger partial charge in [0.05, 0.1) is 12.2 Å². The van der Waals surface area contributed by atoms with Gasteiger partial charge in [0, 0.05) is 14.0 Å². The quantitative estimate of drug-likeness (QED) is 0.827. The number of nitrogens with zero attached hydrogens (tertiary/aromatic N) is 6. The summed E-state index contributed by atoms with van der Waals surface area (Å²) >= 11 is 0. The molecule has 0 aliphatic heterocycles. The van der Waals surface area contributed by atoms with Gasteiger partial charge in [0.15, 0.2) is 11.6 Å². The van der Waals surface area contributed by atoms with Crippen molar-refractivity contribution in [3.8, 4) is 6.07 Å². The van der Waals surface area contributed by atoms with Gasteiger partial charge in [0.25, 0.3) is 0 Å². The molecule has 7 nitrogen and oxygen atoms in total. The zero-order valence-electron chi connectivity index (χ0n) is 12.7. The van der Waals surface area contributed by atoms with E-state index in [-0.39, 0.29) is 0 Å². The summed E-state index contributed by atoms with van der Waals surface area (Å²) in [5.41, 5.74) is 2.41. The minimum Gasteiger partial charge on any atom is -0.349 e. The lowest BCUT2D eigenvalue weighted by Gasteiger charge is -2.19. The van der Waals surface area contributed by atoms with Crippen LogP contribution >= 0.6 is 0 Å². The summed E-state index contributed by atoms with van der Waals surface area (Å²) in [5, 5.41) is 21.8. The molecule has 0 saturated carbocycles. The molecule has 7 heteroatoms. The lowest BCUT2D eigenvalue weighted by atomic mass is 10.0. The first-order chi connectivity index (χ1) is 10.1. The van der Waals surface area contributed by atoms with Crippen LogP contribution in [0.1, 0.15) is 42.4 Å². The second-order valence-corrected chi connectivity index (χ2v) is 4.73. The predicted octanol–water partition coefficient (Wildman–Crippen LogP) is 1.80. The molecule has 0 amide bonds. The van der Waals surface area contributed by atoms with Gasteiger partial charge in [-0.3, -0.25) is 0 Å². The highest BCUT2D eigenvalue weighted by atomic mass is 16.5. The molecule has 21 heavy (non-hydrogen) atoms. The highest BCUT2D eigenvalue weighted by Gasteiger charge is 2.18. The van der Waals surface area contributed by atoms with Crippen molar-refractivity contribution in [1.82, 2.24) is 20.3 Å². The number of anilines is 1. The molecule has 2 heterocycles. The molecule has 0 saturated heterocycles. The van der Waals surface area contributed by atoms with E-state index in [9.17, 15) is 5.26 Å². The van der Waals surface area contributed by atoms with Crippen LogP contribution in [0.2, 0.25) is 0 Å². The molecule has 0 aliphatic rings. The van der Waals surface area contributed by atoms with Crippen molar-refractivity contribution in [2.24, 2.45) is 0 Å². The maximum absolute atomic E-state index is 9.48. The number of hydrogen-bond acceptors (Lipinski definition) is 7. The Morgan fingerprint density at radius 2 is 2.00 bits per heavy atom. The van der Waals surface area contributed by atoms with Crippen LogP contribution in [0.25, 0.3) is 0 Å². The van der Waals surface area contributed by atoms with Crippen LogP contribution in [-0.4, -0.2) is 27.4 Å². The van der Waals surface area contributed by atoms with E-state index < -0.39 is 0 Å². The predicted molar refractivity (Wildman–Crippen MR) is 76.6 cm³/mol. The Hall–Kier alpha value is -2.49.